The highest BCUT2D eigenvalue weighted by Gasteiger charge is 2.14. The Labute approximate surface area is 123 Å². The molecule has 0 fully saturated rings. The first kappa shape index (κ1) is 16.8. The normalized spacial score (nSPS) is 12.0. The van der Waals surface area contributed by atoms with Crippen LogP contribution in [0.2, 0.25) is 0 Å². The smallest absolute Gasteiger partial charge is 0.241 e. The minimum atomic E-state index is -0.522. The van der Waals surface area contributed by atoms with Crippen LogP contribution in [0.5, 0.6) is 5.75 Å². The summed E-state index contributed by atoms with van der Waals surface area (Å²) in [7, 11) is 0. The molecule has 0 spiro atoms. The maximum absolute atomic E-state index is 11.9. The predicted molar refractivity (Wildman–Crippen MR) is 83.1 cm³/mol. The van der Waals surface area contributed by atoms with Gasteiger partial charge in [0.15, 0.2) is 0 Å². The topological polar surface area (TPSA) is 84.6 Å². The third-order valence-electron chi connectivity index (χ3n) is 2.77. The number of thioether (sulfide) groups is 1. The molecule has 0 unspecified atom stereocenters. The summed E-state index contributed by atoms with van der Waals surface area (Å²) in [6, 6.07) is 4.65. The fraction of sp³-hybridized carbons (Fsp3) is 0.500. The number of aliphatic hydroxyl groups is 1. The Bertz CT molecular complexity index is 440. The number of rotatable bonds is 8. The molecule has 0 aliphatic rings. The summed E-state index contributed by atoms with van der Waals surface area (Å²) < 4.78 is 5.39. The number of aliphatic hydroxyl groups excluding tert-OH is 1. The van der Waals surface area contributed by atoms with E-state index in [1.54, 1.807) is 30.0 Å². The molecule has 0 radical (unpaired) electrons. The summed E-state index contributed by atoms with van der Waals surface area (Å²) >= 11 is 1.66. The largest absolute Gasteiger partial charge is 0.494 e. The first-order valence-electron chi connectivity index (χ1n) is 6.54. The number of carbonyl (C=O) groups is 1. The molecule has 5 nitrogen and oxygen atoms in total. The molecule has 0 aromatic heterocycles. The number of ether oxygens (including phenoxy) is 1. The lowest BCUT2D eigenvalue weighted by Gasteiger charge is -2.14. The van der Waals surface area contributed by atoms with Gasteiger partial charge in [0, 0.05) is 11.3 Å². The van der Waals surface area contributed by atoms with Crippen LogP contribution in [-0.2, 0) is 11.4 Å². The number of hydrogen-bond acceptors (Lipinski definition) is 5. The molecule has 0 heterocycles. The molecule has 1 aromatic carbocycles. The molecule has 112 valence electrons. The second-order valence-corrected chi connectivity index (χ2v) is 5.28. The number of nitrogens with one attached hydrogen (secondary N) is 1. The van der Waals surface area contributed by atoms with Gasteiger partial charge in [-0.25, -0.2) is 0 Å². The predicted octanol–water partition coefficient (Wildman–Crippen LogP) is 1.60. The molecule has 0 bridgehead atoms. The van der Waals surface area contributed by atoms with Crippen LogP contribution in [0.4, 0.5) is 5.69 Å². The van der Waals surface area contributed by atoms with Gasteiger partial charge in [-0.1, -0.05) is 0 Å². The Morgan fingerprint density at radius 3 is 2.90 bits per heavy atom. The van der Waals surface area contributed by atoms with Crippen LogP contribution in [0.15, 0.2) is 18.2 Å². The van der Waals surface area contributed by atoms with Crippen LogP contribution in [-0.4, -0.2) is 35.7 Å². The molecule has 0 saturated carbocycles. The van der Waals surface area contributed by atoms with Gasteiger partial charge >= 0.3 is 0 Å². The van der Waals surface area contributed by atoms with Gasteiger partial charge in [-0.15, -0.1) is 0 Å². The highest BCUT2D eigenvalue weighted by molar-refractivity contribution is 7.98. The van der Waals surface area contributed by atoms with Gasteiger partial charge in [0.05, 0.1) is 19.3 Å². The molecule has 4 N–H and O–H groups in total. The quantitative estimate of drug-likeness (QED) is 0.679. The number of amides is 1. The van der Waals surface area contributed by atoms with Gasteiger partial charge in [0.1, 0.15) is 5.75 Å². The number of hydrogen-bond donors (Lipinski definition) is 3. The molecular weight excluding hydrogens is 276 g/mol. The van der Waals surface area contributed by atoms with Gasteiger partial charge in [0.25, 0.3) is 0 Å². The van der Waals surface area contributed by atoms with Crippen molar-refractivity contribution in [2.24, 2.45) is 5.73 Å². The second kappa shape index (κ2) is 8.84. The van der Waals surface area contributed by atoms with E-state index in [2.05, 4.69) is 5.32 Å². The van der Waals surface area contributed by atoms with Gasteiger partial charge in [-0.3, -0.25) is 4.79 Å². The van der Waals surface area contributed by atoms with Crippen LogP contribution in [0.3, 0.4) is 0 Å². The van der Waals surface area contributed by atoms with Gasteiger partial charge < -0.3 is 20.9 Å². The third-order valence-corrected chi connectivity index (χ3v) is 3.41. The highest BCUT2D eigenvalue weighted by atomic mass is 32.2. The third kappa shape index (κ3) is 5.03. The molecule has 0 aliphatic carbocycles. The van der Waals surface area contributed by atoms with E-state index >= 15 is 0 Å². The average Bonchev–Trinajstić information content (AvgIpc) is 2.46. The van der Waals surface area contributed by atoms with Crippen LogP contribution < -0.4 is 15.8 Å². The second-order valence-electron chi connectivity index (χ2n) is 4.29. The minimum Gasteiger partial charge on any atom is -0.494 e. The van der Waals surface area contributed by atoms with Crippen LogP contribution in [0, 0.1) is 0 Å². The standard InChI is InChI=1S/C14H22N2O3S/c1-3-19-13-5-4-11(8-10(13)9-17)16-14(18)12(15)6-7-20-2/h4-5,8,12,17H,3,6-7,9,15H2,1-2H3,(H,16,18)/t12-/m1/s1. The van der Waals surface area contributed by atoms with Gasteiger partial charge in [-0.05, 0) is 43.6 Å². The minimum absolute atomic E-state index is 0.141. The molecule has 20 heavy (non-hydrogen) atoms. The summed E-state index contributed by atoms with van der Waals surface area (Å²) in [6.07, 6.45) is 2.61. The number of nitrogens with two attached hydrogens (primary N) is 1. The Morgan fingerprint density at radius 2 is 2.30 bits per heavy atom. The van der Waals surface area contributed by atoms with E-state index in [0.29, 0.717) is 30.0 Å². The van der Waals surface area contributed by atoms with E-state index in [-0.39, 0.29) is 12.5 Å². The SMILES string of the molecule is CCOc1ccc(NC(=O)[C@H](N)CCSC)cc1CO. The van der Waals surface area contributed by atoms with Crippen molar-refractivity contribution in [3.05, 3.63) is 23.8 Å². The van der Waals surface area contributed by atoms with Crippen molar-refractivity contribution in [3.8, 4) is 5.75 Å². The number of anilines is 1. The number of benzene rings is 1. The number of carbonyl (C=O) groups excluding carboxylic acids is 1. The summed E-state index contributed by atoms with van der Waals surface area (Å²) in [5.74, 6) is 1.26. The monoisotopic (exact) mass is 298 g/mol. The molecule has 1 amide bonds. The lowest BCUT2D eigenvalue weighted by Crippen LogP contribution is -2.36. The van der Waals surface area contributed by atoms with Crippen LogP contribution >= 0.6 is 11.8 Å². The maximum Gasteiger partial charge on any atom is 0.241 e. The Balaban J connectivity index is 2.70. The molecular formula is C14H22N2O3S. The van der Waals surface area contributed by atoms with Crippen molar-refractivity contribution in [1.29, 1.82) is 0 Å². The summed E-state index contributed by atoms with van der Waals surface area (Å²) in [4.78, 5) is 11.9. The van der Waals surface area contributed by atoms with E-state index in [1.165, 1.54) is 0 Å². The Hall–Kier alpha value is -1.24. The van der Waals surface area contributed by atoms with Crippen molar-refractivity contribution in [1.82, 2.24) is 0 Å². The van der Waals surface area contributed by atoms with E-state index in [1.807, 2.05) is 13.2 Å². The molecule has 0 saturated heterocycles. The van der Waals surface area contributed by atoms with Crippen LogP contribution in [0.1, 0.15) is 18.9 Å². The fourth-order valence-corrected chi connectivity index (χ4v) is 2.18. The zero-order valence-corrected chi connectivity index (χ0v) is 12.7. The van der Waals surface area contributed by atoms with E-state index < -0.39 is 6.04 Å². The zero-order chi connectivity index (χ0) is 15.0. The molecule has 0 aliphatic heterocycles. The molecule has 1 rings (SSSR count). The highest BCUT2D eigenvalue weighted by Crippen LogP contribution is 2.23. The van der Waals surface area contributed by atoms with Crippen molar-refractivity contribution >= 4 is 23.4 Å². The molecule has 6 heteroatoms. The lowest BCUT2D eigenvalue weighted by atomic mass is 10.1. The van der Waals surface area contributed by atoms with Crippen molar-refractivity contribution in [2.45, 2.75) is 26.0 Å². The van der Waals surface area contributed by atoms with E-state index in [9.17, 15) is 9.90 Å². The fourth-order valence-electron chi connectivity index (χ4n) is 1.69. The Kier molecular flexibility index (Phi) is 7.43. The zero-order valence-electron chi connectivity index (χ0n) is 11.9. The van der Waals surface area contributed by atoms with E-state index in [4.69, 9.17) is 10.5 Å². The van der Waals surface area contributed by atoms with Crippen molar-refractivity contribution in [2.75, 3.05) is 23.9 Å². The van der Waals surface area contributed by atoms with Crippen molar-refractivity contribution in [3.63, 3.8) is 0 Å². The maximum atomic E-state index is 11.9. The van der Waals surface area contributed by atoms with E-state index in [0.717, 1.165) is 5.75 Å². The lowest BCUT2D eigenvalue weighted by molar-refractivity contribution is -0.117. The van der Waals surface area contributed by atoms with Crippen molar-refractivity contribution < 1.29 is 14.6 Å². The summed E-state index contributed by atoms with van der Waals surface area (Å²) in [5.41, 5.74) is 7.05. The first-order valence-corrected chi connectivity index (χ1v) is 7.93. The molecule has 1 atom stereocenters. The summed E-state index contributed by atoms with van der Waals surface area (Å²) in [6.45, 7) is 2.26. The van der Waals surface area contributed by atoms with Gasteiger partial charge in [-0.2, -0.15) is 11.8 Å². The summed E-state index contributed by atoms with van der Waals surface area (Å²) in [5, 5.41) is 12.1. The Morgan fingerprint density at radius 1 is 1.55 bits per heavy atom. The molecule has 1 aromatic rings. The van der Waals surface area contributed by atoms with Crippen LogP contribution in [0.25, 0.3) is 0 Å². The average molecular weight is 298 g/mol. The first-order chi connectivity index (χ1) is 9.62. The van der Waals surface area contributed by atoms with Gasteiger partial charge in [0.2, 0.25) is 5.91 Å².